The third-order valence-electron chi connectivity index (χ3n) is 1.89. The molecule has 0 unspecified atom stereocenters. The Bertz CT molecular complexity index is 329. The van der Waals surface area contributed by atoms with Crippen LogP contribution in [-0.2, 0) is 4.74 Å². The van der Waals surface area contributed by atoms with E-state index < -0.39 is 0 Å². The van der Waals surface area contributed by atoms with Crippen LogP contribution in [0.3, 0.4) is 0 Å². The van der Waals surface area contributed by atoms with Gasteiger partial charge in [-0.05, 0) is 34.0 Å². The van der Waals surface area contributed by atoms with Gasteiger partial charge in [0, 0.05) is 18.4 Å². The number of hydrogen-bond acceptors (Lipinski definition) is 3. The molecule has 90 valence electrons. The Kier molecular flexibility index (Phi) is 5.63. The van der Waals surface area contributed by atoms with Crippen molar-refractivity contribution in [3.8, 4) is 5.75 Å². The van der Waals surface area contributed by atoms with Crippen molar-refractivity contribution in [3.05, 3.63) is 22.7 Å². The fraction of sp³-hybridized carbons (Fsp3) is 0.500. The molecule has 0 saturated carbocycles. The molecule has 3 nitrogen and oxygen atoms in total. The van der Waals surface area contributed by atoms with E-state index in [0.717, 1.165) is 16.8 Å². The number of benzene rings is 1. The van der Waals surface area contributed by atoms with Gasteiger partial charge in [0.15, 0.2) is 0 Å². The summed E-state index contributed by atoms with van der Waals surface area (Å²) in [6.45, 7) is 6.14. The highest BCUT2D eigenvalue weighted by atomic mass is 79.9. The predicted molar refractivity (Wildman–Crippen MR) is 69.7 cm³/mol. The summed E-state index contributed by atoms with van der Waals surface area (Å²) in [5.41, 5.74) is 6.36. The molecule has 1 aromatic rings. The third-order valence-corrected chi connectivity index (χ3v) is 2.55. The fourth-order valence-electron chi connectivity index (χ4n) is 1.16. The van der Waals surface area contributed by atoms with Crippen molar-refractivity contribution < 1.29 is 9.47 Å². The van der Waals surface area contributed by atoms with Gasteiger partial charge in [0.1, 0.15) is 12.4 Å². The maximum atomic E-state index is 5.67. The Balaban J connectivity index is 2.29. The minimum Gasteiger partial charge on any atom is -0.490 e. The normalized spacial score (nSPS) is 10.8. The third kappa shape index (κ3) is 4.86. The monoisotopic (exact) mass is 287 g/mol. The number of nitrogen functional groups attached to an aromatic ring is 1. The van der Waals surface area contributed by atoms with Gasteiger partial charge in [-0.1, -0.05) is 13.8 Å². The molecule has 0 atom stereocenters. The molecule has 0 aliphatic rings. The summed E-state index contributed by atoms with van der Waals surface area (Å²) in [4.78, 5) is 0. The van der Waals surface area contributed by atoms with Gasteiger partial charge in [-0.25, -0.2) is 0 Å². The Morgan fingerprint density at radius 2 is 2.06 bits per heavy atom. The minimum atomic E-state index is 0.536. The summed E-state index contributed by atoms with van der Waals surface area (Å²) in [5, 5.41) is 0. The van der Waals surface area contributed by atoms with Gasteiger partial charge in [0.05, 0.1) is 11.1 Å². The Morgan fingerprint density at radius 1 is 1.31 bits per heavy atom. The lowest BCUT2D eigenvalue weighted by Gasteiger charge is -2.10. The van der Waals surface area contributed by atoms with Crippen LogP contribution in [0.1, 0.15) is 13.8 Å². The van der Waals surface area contributed by atoms with Crippen molar-refractivity contribution in [2.75, 3.05) is 25.6 Å². The van der Waals surface area contributed by atoms with E-state index in [1.165, 1.54) is 0 Å². The van der Waals surface area contributed by atoms with Crippen LogP contribution in [0, 0.1) is 5.92 Å². The second-order valence-electron chi connectivity index (χ2n) is 4.01. The van der Waals surface area contributed by atoms with E-state index in [9.17, 15) is 0 Å². The van der Waals surface area contributed by atoms with Crippen LogP contribution in [-0.4, -0.2) is 19.8 Å². The van der Waals surface area contributed by atoms with E-state index in [4.69, 9.17) is 15.2 Å². The molecule has 0 aliphatic carbocycles. The lowest BCUT2D eigenvalue weighted by Crippen LogP contribution is -2.10. The number of halogens is 1. The molecular formula is C12H18BrNO2. The summed E-state index contributed by atoms with van der Waals surface area (Å²) in [6, 6.07) is 5.50. The summed E-state index contributed by atoms with van der Waals surface area (Å²) in [7, 11) is 0. The summed E-state index contributed by atoms with van der Waals surface area (Å²) < 4.78 is 11.9. The fourth-order valence-corrected chi connectivity index (χ4v) is 1.52. The number of nitrogens with two attached hydrogens (primary N) is 1. The van der Waals surface area contributed by atoms with Gasteiger partial charge in [-0.15, -0.1) is 0 Å². The lowest BCUT2D eigenvalue weighted by molar-refractivity contribution is 0.0817. The molecule has 2 N–H and O–H groups in total. The molecule has 0 saturated heterocycles. The maximum absolute atomic E-state index is 5.67. The second-order valence-corrected chi connectivity index (χ2v) is 4.86. The number of rotatable bonds is 6. The van der Waals surface area contributed by atoms with Gasteiger partial charge in [0.2, 0.25) is 0 Å². The van der Waals surface area contributed by atoms with Crippen molar-refractivity contribution in [1.82, 2.24) is 0 Å². The first-order valence-corrected chi connectivity index (χ1v) is 6.14. The molecule has 0 radical (unpaired) electrons. The van der Waals surface area contributed by atoms with E-state index in [0.29, 0.717) is 24.8 Å². The van der Waals surface area contributed by atoms with Crippen molar-refractivity contribution in [2.24, 2.45) is 5.92 Å². The molecule has 16 heavy (non-hydrogen) atoms. The van der Waals surface area contributed by atoms with E-state index in [1.807, 2.05) is 12.1 Å². The Labute approximate surface area is 105 Å². The van der Waals surface area contributed by atoms with Crippen LogP contribution >= 0.6 is 15.9 Å². The largest absolute Gasteiger partial charge is 0.490 e. The molecule has 0 amide bonds. The van der Waals surface area contributed by atoms with Crippen molar-refractivity contribution in [1.29, 1.82) is 0 Å². The summed E-state index contributed by atoms with van der Waals surface area (Å²) in [5.74, 6) is 1.31. The van der Waals surface area contributed by atoms with Crippen LogP contribution in [0.2, 0.25) is 0 Å². The average Bonchev–Trinajstić information content (AvgIpc) is 2.22. The topological polar surface area (TPSA) is 44.5 Å². The van der Waals surface area contributed by atoms with Gasteiger partial charge >= 0.3 is 0 Å². The number of anilines is 1. The van der Waals surface area contributed by atoms with Crippen LogP contribution in [0.15, 0.2) is 22.7 Å². The molecule has 0 bridgehead atoms. The number of ether oxygens (including phenoxy) is 2. The van der Waals surface area contributed by atoms with Gasteiger partial charge in [-0.3, -0.25) is 0 Å². The molecule has 1 aromatic carbocycles. The van der Waals surface area contributed by atoms with Gasteiger partial charge in [0.25, 0.3) is 0 Å². The number of hydrogen-bond donors (Lipinski definition) is 1. The molecule has 0 heterocycles. The van der Waals surface area contributed by atoms with Crippen LogP contribution < -0.4 is 10.5 Å². The first kappa shape index (κ1) is 13.3. The molecule has 0 aromatic heterocycles. The smallest absolute Gasteiger partial charge is 0.135 e. The zero-order chi connectivity index (χ0) is 12.0. The molecule has 0 aliphatic heterocycles. The first-order chi connectivity index (χ1) is 7.59. The van der Waals surface area contributed by atoms with E-state index in [1.54, 1.807) is 6.07 Å². The second kappa shape index (κ2) is 6.76. The molecule has 4 heteroatoms. The maximum Gasteiger partial charge on any atom is 0.135 e. The van der Waals surface area contributed by atoms with Crippen LogP contribution in [0.25, 0.3) is 0 Å². The highest BCUT2D eigenvalue weighted by Crippen LogP contribution is 2.26. The highest BCUT2D eigenvalue weighted by Gasteiger charge is 2.01. The minimum absolute atomic E-state index is 0.536. The molecule has 1 rings (SSSR count). The zero-order valence-electron chi connectivity index (χ0n) is 9.70. The highest BCUT2D eigenvalue weighted by molar-refractivity contribution is 9.10. The van der Waals surface area contributed by atoms with E-state index >= 15 is 0 Å². The van der Waals surface area contributed by atoms with Crippen molar-refractivity contribution in [3.63, 3.8) is 0 Å². The first-order valence-electron chi connectivity index (χ1n) is 5.35. The molecular weight excluding hydrogens is 270 g/mol. The standard InChI is InChI=1S/C12H18BrNO2/c1-9(2)8-15-5-6-16-12-7-10(14)3-4-11(12)13/h3-4,7,9H,5-6,8,14H2,1-2H3. The van der Waals surface area contributed by atoms with Gasteiger partial charge in [-0.2, -0.15) is 0 Å². The Hall–Kier alpha value is -0.740. The summed E-state index contributed by atoms with van der Waals surface area (Å²) >= 11 is 3.40. The molecule has 0 spiro atoms. The quantitative estimate of drug-likeness (QED) is 0.646. The van der Waals surface area contributed by atoms with E-state index in [2.05, 4.69) is 29.8 Å². The molecule has 0 fully saturated rings. The van der Waals surface area contributed by atoms with E-state index in [-0.39, 0.29) is 0 Å². The SMILES string of the molecule is CC(C)COCCOc1cc(N)ccc1Br. The van der Waals surface area contributed by atoms with Crippen molar-refractivity contribution in [2.45, 2.75) is 13.8 Å². The van der Waals surface area contributed by atoms with Crippen molar-refractivity contribution >= 4 is 21.6 Å². The lowest BCUT2D eigenvalue weighted by atomic mass is 10.2. The average molecular weight is 288 g/mol. The van der Waals surface area contributed by atoms with Crippen LogP contribution in [0.4, 0.5) is 5.69 Å². The van der Waals surface area contributed by atoms with Gasteiger partial charge < -0.3 is 15.2 Å². The zero-order valence-corrected chi connectivity index (χ0v) is 11.3. The Morgan fingerprint density at radius 3 is 2.75 bits per heavy atom. The predicted octanol–water partition coefficient (Wildman–Crippen LogP) is 3.08. The summed E-state index contributed by atoms with van der Waals surface area (Å²) in [6.07, 6.45) is 0. The van der Waals surface area contributed by atoms with Crippen LogP contribution in [0.5, 0.6) is 5.75 Å².